The first-order valence-electron chi connectivity index (χ1n) is 6.42. The fourth-order valence-electron chi connectivity index (χ4n) is 1.68. The second-order valence-corrected chi connectivity index (χ2v) is 4.15. The van der Waals surface area contributed by atoms with E-state index in [4.69, 9.17) is 9.47 Å². The molecule has 0 bridgehead atoms. The van der Waals surface area contributed by atoms with Gasteiger partial charge >= 0.3 is 0 Å². The van der Waals surface area contributed by atoms with Gasteiger partial charge in [-0.25, -0.2) is 0 Å². The number of rotatable bonds is 9. The molecule has 2 N–H and O–H groups in total. The van der Waals surface area contributed by atoms with Gasteiger partial charge in [-0.15, -0.1) is 0 Å². The van der Waals surface area contributed by atoms with Crippen LogP contribution >= 0.6 is 0 Å². The standard InChI is InChI=1S/C14H23NO3/c1-3-6-12(16)11-15-9-10-18-14-8-5-4-7-13(14)17-2/h4-5,7-8,12,15-16H,3,6,9-11H2,1-2H3. The summed E-state index contributed by atoms with van der Waals surface area (Å²) in [6.07, 6.45) is 1.57. The van der Waals surface area contributed by atoms with Crippen molar-refractivity contribution >= 4 is 0 Å². The van der Waals surface area contributed by atoms with Crippen LogP contribution in [0.25, 0.3) is 0 Å². The normalized spacial score (nSPS) is 12.2. The van der Waals surface area contributed by atoms with E-state index in [2.05, 4.69) is 12.2 Å². The molecule has 0 aliphatic rings. The summed E-state index contributed by atoms with van der Waals surface area (Å²) < 4.78 is 10.8. The summed E-state index contributed by atoms with van der Waals surface area (Å²) in [4.78, 5) is 0. The maximum Gasteiger partial charge on any atom is 0.161 e. The zero-order valence-electron chi connectivity index (χ0n) is 11.2. The topological polar surface area (TPSA) is 50.7 Å². The van der Waals surface area contributed by atoms with Crippen LogP contribution in [0.4, 0.5) is 0 Å². The average Bonchev–Trinajstić information content (AvgIpc) is 2.39. The minimum atomic E-state index is -0.263. The van der Waals surface area contributed by atoms with Crippen LogP contribution in [0.5, 0.6) is 11.5 Å². The van der Waals surface area contributed by atoms with E-state index in [-0.39, 0.29) is 6.10 Å². The lowest BCUT2D eigenvalue weighted by Crippen LogP contribution is -2.30. The minimum absolute atomic E-state index is 0.263. The van der Waals surface area contributed by atoms with Crippen LogP contribution in [0.2, 0.25) is 0 Å². The Labute approximate surface area is 109 Å². The Bertz CT molecular complexity index is 331. The van der Waals surface area contributed by atoms with Crippen molar-refractivity contribution in [2.24, 2.45) is 0 Å². The highest BCUT2D eigenvalue weighted by Crippen LogP contribution is 2.25. The molecule has 1 rings (SSSR count). The number of aliphatic hydroxyl groups excluding tert-OH is 1. The molecule has 0 fully saturated rings. The molecule has 1 unspecified atom stereocenters. The molecular formula is C14H23NO3. The van der Waals surface area contributed by atoms with Crippen molar-refractivity contribution in [3.8, 4) is 11.5 Å². The van der Waals surface area contributed by atoms with Crippen molar-refractivity contribution < 1.29 is 14.6 Å². The highest BCUT2D eigenvalue weighted by molar-refractivity contribution is 5.39. The summed E-state index contributed by atoms with van der Waals surface area (Å²) in [6.45, 7) is 3.94. The molecule has 18 heavy (non-hydrogen) atoms. The van der Waals surface area contributed by atoms with Crippen molar-refractivity contribution in [1.29, 1.82) is 0 Å². The predicted molar refractivity (Wildman–Crippen MR) is 72.3 cm³/mol. The molecule has 0 radical (unpaired) electrons. The Hall–Kier alpha value is -1.26. The number of aliphatic hydroxyl groups is 1. The zero-order chi connectivity index (χ0) is 13.2. The molecule has 1 atom stereocenters. The number of hydrogen-bond donors (Lipinski definition) is 2. The maximum absolute atomic E-state index is 9.52. The quantitative estimate of drug-likeness (QED) is 0.659. The summed E-state index contributed by atoms with van der Waals surface area (Å²) in [5.41, 5.74) is 0. The Kier molecular flexibility index (Phi) is 7.22. The number of para-hydroxylation sites is 2. The molecule has 0 heterocycles. The summed E-state index contributed by atoms with van der Waals surface area (Å²) in [5, 5.41) is 12.7. The number of hydrogen-bond acceptors (Lipinski definition) is 4. The van der Waals surface area contributed by atoms with E-state index in [1.54, 1.807) is 7.11 Å². The fraction of sp³-hybridized carbons (Fsp3) is 0.571. The monoisotopic (exact) mass is 253 g/mol. The molecule has 4 heteroatoms. The lowest BCUT2D eigenvalue weighted by atomic mass is 10.2. The van der Waals surface area contributed by atoms with E-state index in [1.807, 2.05) is 24.3 Å². The number of ether oxygens (including phenoxy) is 2. The van der Waals surface area contributed by atoms with Crippen LogP contribution in [0.15, 0.2) is 24.3 Å². The van der Waals surface area contributed by atoms with E-state index >= 15 is 0 Å². The van der Waals surface area contributed by atoms with Gasteiger partial charge in [-0.2, -0.15) is 0 Å². The van der Waals surface area contributed by atoms with Gasteiger partial charge < -0.3 is 19.9 Å². The first kappa shape index (κ1) is 14.8. The van der Waals surface area contributed by atoms with E-state index < -0.39 is 0 Å². The molecule has 0 aliphatic heterocycles. The lowest BCUT2D eigenvalue weighted by molar-refractivity contribution is 0.158. The van der Waals surface area contributed by atoms with E-state index in [0.717, 1.165) is 24.3 Å². The smallest absolute Gasteiger partial charge is 0.161 e. The van der Waals surface area contributed by atoms with Crippen molar-refractivity contribution in [1.82, 2.24) is 5.32 Å². The van der Waals surface area contributed by atoms with Crippen molar-refractivity contribution in [2.75, 3.05) is 26.8 Å². The molecule has 0 saturated carbocycles. The van der Waals surface area contributed by atoms with Gasteiger partial charge in [-0.3, -0.25) is 0 Å². The summed E-state index contributed by atoms with van der Waals surface area (Å²) in [7, 11) is 1.63. The lowest BCUT2D eigenvalue weighted by Gasteiger charge is -2.12. The molecular weight excluding hydrogens is 230 g/mol. The molecule has 4 nitrogen and oxygen atoms in total. The molecule has 0 saturated heterocycles. The first-order valence-corrected chi connectivity index (χ1v) is 6.42. The average molecular weight is 253 g/mol. The molecule has 0 amide bonds. The Morgan fingerprint density at radius 1 is 1.28 bits per heavy atom. The highest BCUT2D eigenvalue weighted by atomic mass is 16.5. The summed E-state index contributed by atoms with van der Waals surface area (Å²) in [6, 6.07) is 7.57. The molecule has 0 spiro atoms. The SMILES string of the molecule is CCCC(O)CNCCOc1ccccc1OC. The summed E-state index contributed by atoms with van der Waals surface area (Å²) in [5.74, 6) is 1.49. The molecule has 0 aromatic heterocycles. The van der Waals surface area contributed by atoms with Crippen LogP contribution in [-0.2, 0) is 0 Å². The summed E-state index contributed by atoms with van der Waals surface area (Å²) >= 11 is 0. The number of benzene rings is 1. The predicted octanol–water partition coefficient (Wildman–Crippen LogP) is 1.82. The molecule has 102 valence electrons. The third kappa shape index (κ3) is 5.38. The van der Waals surface area contributed by atoms with Crippen LogP contribution in [0, 0.1) is 0 Å². The Balaban J connectivity index is 2.17. The van der Waals surface area contributed by atoms with Crippen LogP contribution in [0.3, 0.4) is 0 Å². The van der Waals surface area contributed by atoms with Gasteiger partial charge in [0.15, 0.2) is 11.5 Å². The largest absolute Gasteiger partial charge is 0.493 e. The van der Waals surface area contributed by atoms with E-state index in [9.17, 15) is 5.11 Å². The van der Waals surface area contributed by atoms with E-state index in [0.29, 0.717) is 19.7 Å². The molecule has 1 aromatic carbocycles. The van der Waals surface area contributed by atoms with Crippen LogP contribution in [0.1, 0.15) is 19.8 Å². The first-order chi connectivity index (χ1) is 8.77. The van der Waals surface area contributed by atoms with Gasteiger partial charge in [-0.05, 0) is 18.6 Å². The van der Waals surface area contributed by atoms with E-state index in [1.165, 1.54) is 0 Å². The van der Waals surface area contributed by atoms with Gasteiger partial charge in [-0.1, -0.05) is 25.5 Å². The van der Waals surface area contributed by atoms with Gasteiger partial charge in [0.05, 0.1) is 13.2 Å². The van der Waals surface area contributed by atoms with Gasteiger partial charge in [0.1, 0.15) is 6.61 Å². The van der Waals surface area contributed by atoms with Crippen LogP contribution in [-0.4, -0.2) is 38.0 Å². The maximum atomic E-state index is 9.52. The number of nitrogens with one attached hydrogen (secondary N) is 1. The Morgan fingerprint density at radius 3 is 2.67 bits per heavy atom. The highest BCUT2D eigenvalue weighted by Gasteiger charge is 2.03. The van der Waals surface area contributed by atoms with Gasteiger partial charge in [0, 0.05) is 13.1 Å². The fourth-order valence-corrected chi connectivity index (χ4v) is 1.68. The van der Waals surface area contributed by atoms with Gasteiger partial charge in [0.25, 0.3) is 0 Å². The van der Waals surface area contributed by atoms with Gasteiger partial charge in [0.2, 0.25) is 0 Å². The van der Waals surface area contributed by atoms with Crippen LogP contribution < -0.4 is 14.8 Å². The third-order valence-corrected chi connectivity index (χ3v) is 2.61. The molecule has 0 aliphatic carbocycles. The van der Waals surface area contributed by atoms with Crippen molar-refractivity contribution in [3.05, 3.63) is 24.3 Å². The third-order valence-electron chi connectivity index (χ3n) is 2.61. The minimum Gasteiger partial charge on any atom is -0.493 e. The molecule has 1 aromatic rings. The second kappa shape index (κ2) is 8.78. The van der Waals surface area contributed by atoms with Crippen molar-refractivity contribution in [2.45, 2.75) is 25.9 Å². The zero-order valence-corrected chi connectivity index (χ0v) is 11.2. The number of methoxy groups -OCH3 is 1. The second-order valence-electron chi connectivity index (χ2n) is 4.15. The Morgan fingerprint density at radius 2 is 2.00 bits per heavy atom. The van der Waals surface area contributed by atoms with Crippen molar-refractivity contribution in [3.63, 3.8) is 0 Å².